The standard InChI is InChI=1S/C22H33N3O3/c1-17(2)12-22(26)25-7-3-4-19(15-25)24-10-8-23(9-11-24)14-18-5-6-20-21(13-18)28-16-27-20/h5-6,13,17,19H,3-4,7-12,14-16H2,1-2H3. The summed E-state index contributed by atoms with van der Waals surface area (Å²) in [5.41, 5.74) is 1.28. The van der Waals surface area contributed by atoms with Crippen LogP contribution in [0.4, 0.5) is 0 Å². The predicted octanol–water partition coefficient (Wildman–Crippen LogP) is 2.57. The highest BCUT2D eigenvalue weighted by Gasteiger charge is 2.30. The van der Waals surface area contributed by atoms with Crippen LogP contribution in [0.2, 0.25) is 0 Å². The van der Waals surface area contributed by atoms with Crippen molar-refractivity contribution in [2.75, 3.05) is 46.1 Å². The zero-order valence-electron chi connectivity index (χ0n) is 17.2. The van der Waals surface area contributed by atoms with Gasteiger partial charge in [-0.25, -0.2) is 0 Å². The average Bonchev–Trinajstić information content (AvgIpc) is 3.16. The second-order valence-corrected chi connectivity index (χ2v) is 8.73. The first-order chi connectivity index (χ1) is 13.6. The molecule has 0 saturated carbocycles. The largest absolute Gasteiger partial charge is 0.454 e. The molecule has 6 nitrogen and oxygen atoms in total. The number of benzene rings is 1. The van der Waals surface area contributed by atoms with E-state index in [0.29, 0.717) is 31.1 Å². The summed E-state index contributed by atoms with van der Waals surface area (Å²) in [7, 11) is 0. The number of carbonyl (C=O) groups excluding carboxylic acids is 1. The van der Waals surface area contributed by atoms with Crippen molar-refractivity contribution in [3.63, 3.8) is 0 Å². The van der Waals surface area contributed by atoms with E-state index in [2.05, 4.69) is 40.7 Å². The summed E-state index contributed by atoms with van der Waals surface area (Å²) in [5, 5.41) is 0. The van der Waals surface area contributed by atoms with Crippen LogP contribution in [-0.4, -0.2) is 72.7 Å². The quantitative estimate of drug-likeness (QED) is 0.777. The summed E-state index contributed by atoms with van der Waals surface area (Å²) in [6.45, 7) is 11.7. The fourth-order valence-electron chi connectivity index (χ4n) is 4.54. The number of piperazine rings is 1. The van der Waals surface area contributed by atoms with Crippen molar-refractivity contribution in [2.45, 2.75) is 45.7 Å². The summed E-state index contributed by atoms with van der Waals surface area (Å²) >= 11 is 0. The SMILES string of the molecule is CC(C)CC(=O)N1CCCC(N2CCN(Cc3ccc4c(c3)OCO4)CC2)C1. The van der Waals surface area contributed by atoms with E-state index in [0.717, 1.165) is 63.7 Å². The number of fused-ring (bicyclic) bond motifs is 1. The van der Waals surface area contributed by atoms with Gasteiger partial charge in [0, 0.05) is 58.3 Å². The van der Waals surface area contributed by atoms with E-state index in [-0.39, 0.29) is 0 Å². The zero-order chi connectivity index (χ0) is 19.5. The van der Waals surface area contributed by atoms with E-state index in [1.165, 1.54) is 12.0 Å². The van der Waals surface area contributed by atoms with Gasteiger partial charge in [0.1, 0.15) is 0 Å². The minimum Gasteiger partial charge on any atom is -0.454 e. The van der Waals surface area contributed by atoms with E-state index >= 15 is 0 Å². The lowest BCUT2D eigenvalue weighted by atomic mass is 10.0. The number of amides is 1. The Morgan fingerprint density at radius 3 is 2.68 bits per heavy atom. The number of ether oxygens (including phenoxy) is 2. The van der Waals surface area contributed by atoms with Gasteiger partial charge in [0.15, 0.2) is 11.5 Å². The highest BCUT2D eigenvalue weighted by molar-refractivity contribution is 5.76. The van der Waals surface area contributed by atoms with Gasteiger partial charge in [0.2, 0.25) is 12.7 Å². The van der Waals surface area contributed by atoms with Crippen LogP contribution in [0.1, 0.15) is 38.7 Å². The van der Waals surface area contributed by atoms with Gasteiger partial charge in [-0.15, -0.1) is 0 Å². The maximum Gasteiger partial charge on any atom is 0.231 e. The maximum absolute atomic E-state index is 12.5. The van der Waals surface area contributed by atoms with Crippen LogP contribution in [0.15, 0.2) is 18.2 Å². The molecule has 0 bridgehead atoms. The molecule has 6 heteroatoms. The highest BCUT2D eigenvalue weighted by Crippen LogP contribution is 2.33. The molecular weight excluding hydrogens is 354 g/mol. The van der Waals surface area contributed by atoms with Crippen molar-refractivity contribution in [1.29, 1.82) is 0 Å². The van der Waals surface area contributed by atoms with Crippen molar-refractivity contribution in [1.82, 2.24) is 14.7 Å². The summed E-state index contributed by atoms with van der Waals surface area (Å²) in [4.78, 5) is 19.7. The van der Waals surface area contributed by atoms with Crippen molar-refractivity contribution in [3.8, 4) is 11.5 Å². The minimum absolute atomic E-state index is 0.329. The van der Waals surface area contributed by atoms with Crippen LogP contribution >= 0.6 is 0 Å². The Labute approximate surface area is 168 Å². The molecule has 28 heavy (non-hydrogen) atoms. The number of rotatable bonds is 5. The fourth-order valence-corrected chi connectivity index (χ4v) is 4.54. The first kappa shape index (κ1) is 19.5. The molecule has 1 atom stereocenters. The van der Waals surface area contributed by atoms with E-state index in [4.69, 9.17) is 9.47 Å². The van der Waals surface area contributed by atoms with Crippen LogP contribution < -0.4 is 9.47 Å². The lowest BCUT2D eigenvalue weighted by Gasteiger charge is -2.43. The second kappa shape index (κ2) is 8.70. The van der Waals surface area contributed by atoms with Gasteiger partial charge in [-0.2, -0.15) is 0 Å². The van der Waals surface area contributed by atoms with Crippen molar-refractivity contribution in [3.05, 3.63) is 23.8 Å². The molecule has 3 aliphatic heterocycles. The Morgan fingerprint density at radius 1 is 1.11 bits per heavy atom. The van der Waals surface area contributed by atoms with Gasteiger partial charge in [-0.3, -0.25) is 14.6 Å². The van der Waals surface area contributed by atoms with E-state index in [9.17, 15) is 4.79 Å². The van der Waals surface area contributed by atoms with Gasteiger partial charge >= 0.3 is 0 Å². The first-order valence-corrected chi connectivity index (χ1v) is 10.7. The van der Waals surface area contributed by atoms with Crippen molar-refractivity contribution < 1.29 is 14.3 Å². The normalized spacial score (nSPS) is 23.4. The molecular formula is C22H33N3O3. The van der Waals surface area contributed by atoms with E-state index in [1.807, 2.05) is 6.07 Å². The Balaban J connectivity index is 1.26. The minimum atomic E-state index is 0.329. The number of likely N-dealkylation sites (tertiary alicyclic amines) is 1. The number of piperidine rings is 1. The molecule has 3 heterocycles. The average molecular weight is 388 g/mol. The maximum atomic E-state index is 12.5. The van der Waals surface area contributed by atoms with Gasteiger partial charge in [-0.05, 0) is 36.5 Å². The van der Waals surface area contributed by atoms with Gasteiger partial charge in [-0.1, -0.05) is 19.9 Å². The van der Waals surface area contributed by atoms with Crippen LogP contribution in [0.3, 0.4) is 0 Å². The molecule has 0 N–H and O–H groups in total. The second-order valence-electron chi connectivity index (χ2n) is 8.73. The van der Waals surface area contributed by atoms with Gasteiger partial charge in [0.05, 0.1) is 0 Å². The molecule has 4 rings (SSSR count). The molecule has 0 aliphatic carbocycles. The summed E-state index contributed by atoms with van der Waals surface area (Å²) in [6, 6.07) is 6.78. The van der Waals surface area contributed by atoms with Gasteiger partial charge < -0.3 is 14.4 Å². The summed E-state index contributed by atoms with van der Waals surface area (Å²) in [5.74, 6) is 2.49. The lowest BCUT2D eigenvalue weighted by Crippen LogP contribution is -2.55. The smallest absolute Gasteiger partial charge is 0.231 e. The molecule has 1 aromatic rings. The number of carbonyl (C=O) groups is 1. The first-order valence-electron chi connectivity index (χ1n) is 10.7. The molecule has 3 aliphatic rings. The molecule has 1 unspecified atom stereocenters. The third-order valence-corrected chi connectivity index (χ3v) is 6.10. The van der Waals surface area contributed by atoms with Crippen LogP contribution in [0.25, 0.3) is 0 Å². The van der Waals surface area contributed by atoms with Crippen LogP contribution in [0, 0.1) is 5.92 Å². The predicted molar refractivity (Wildman–Crippen MR) is 108 cm³/mol. The third kappa shape index (κ3) is 4.61. The van der Waals surface area contributed by atoms with Crippen LogP contribution in [-0.2, 0) is 11.3 Å². The molecule has 154 valence electrons. The molecule has 0 radical (unpaired) electrons. The molecule has 1 amide bonds. The molecule has 2 fully saturated rings. The van der Waals surface area contributed by atoms with Crippen molar-refractivity contribution in [2.24, 2.45) is 5.92 Å². The molecule has 2 saturated heterocycles. The molecule has 0 aromatic heterocycles. The summed E-state index contributed by atoms with van der Waals surface area (Å²) in [6.07, 6.45) is 3.02. The topological polar surface area (TPSA) is 45.3 Å². The fraction of sp³-hybridized carbons (Fsp3) is 0.682. The number of nitrogens with zero attached hydrogens (tertiary/aromatic N) is 3. The number of hydrogen-bond acceptors (Lipinski definition) is 5. The van der Waals surface area contributed by atoms with Crippen LogP contribution in [0.5, 0.6) is 11.5 Å². The molecule has 0 spiro atoms. The Morgan fingerprint density at radius 2 is 1.89 bits per heavy atom. The Kier molecular flexibility index (Phi) is 6.07. The Hall–Kier alpha value is -1.79. The highest BCUT2D eigenvalue weighted by atomic mass is 16.7. The summed E-state index contributed by atoms with van der Waals surface area (Å²) < 4.78 is 10.9. The third-order valence-electron chi connectivity index (χ3n) is 6.10. The van der Waals surface area contributed by atoms with E-state index < -0.39 is 0 Å². The monoisotopic (exact) mass is 387 g/mol. The van der Waals surface area contributed by atoms with E-state index in [1.54, 1.807) is 0 Å². The lowest BCUT2D eigenvalue weighted by molar-refractivity contribution is -0.134. The Bertz CT molecular complexity index is 686. The number of hydrogen-bond donors (Lipinski definition) is 0. The zero-order valence-corrected chi connectivity index (χ0v) is 17.2. The van der Waals surface area contributed by atoms with Gasteiger partial charge in [0.25, 0.3) is 0 Å². The van der Waals surface area contributed by atoms with Crippen molar-refractivity contribution >= 4 is 5.91 Å². The molecule has 1 aromatic carbocycles.